The summed E-state index contributed by atoms with van der Waals surface area (Å²) in [6, 6.07) is -5.73. The predicted molar refractivity (Wildman–Crippen MR) is 188 cm³/mol. The highest BCUT2D eigenvalue weighted by atomic mass is 27.2. The first-order valence-corrected chi connectivity index (χ1v) is 22.8. The van der Waals surface area contributed by atoms with Crippen LogP contribution in [0.4, 0.5) is 45.2 Å². The van der Waals surface area contributed by atoms with Crippen molar-refractivity contribution >= 4 is 18.8 Å². The van der Waals surface area contributed by atoms with Crippen LogP contribution >= 0.6 is 0 Å². The highest BCUT2D eigenvalue weighted by Crippen LogP contribution is 2.36. The smallest absolute Gasteiger partial charge is 0.231 e. The summed E-state index contributed by atoms with van der Waals surface area (Å²) >= 11 is -1.38. The molecule has 0 aliphatic heterocycles. The zero-order valence-corrected chi connectivity index (χ0v) is 32.4. The maximum Gasteiger partial charge on any atom is 0.515 e. The van der Waals surface area contributed by atoms with Crippen LogP contribution in [0, 0.1) is 23.3 Å². The minimum absolute atomic E-state index is 0.230. The summed E-state index contributed by atoms with van der Waals surface area (Å²) in [5, 5.41) is 6.80. The molecule has 0 saturated heterocycles. The largest absolute Gasteiger partial charge is 0.515 e. The molecule has 49 heavy (non-hydrogen) atoms. The lowest BCUT2D eigenvalue weighted by Crippen LogP contribution is -3.16. The van der Waals surface area contributed by atoms with Gasteiger partial charge in [-0.1, -0.05) is 156 Å². The summed E-state index contributed by atoms with van der Waals surface area (Å²) in [7, 11) is 0. The van der Waals surface area contributed by atoms with Gasteiger partial charge in [0.1, 0.15) is 13.1 Å². The molecule has 0 aromatic heterocycles. The summed E-state index contributed by atoms with van der Waals surface area (Å²) in [5.74, 6) is -9.12. The van der Waals surface area contributed by atoms with Crippen molar-refractivity contribution in [2.45, 2.75) is 196 Å². The van der Waals surface area contributed by atoms with E-state index in [1.165, 1.54) is 103 Å². The van der Waals surface area contributed by atoms with Crippen LogP contribution < -0.4 is 4.90 Å². The average molecular weight is 736 g/mol. The molecule has 0 bridgehead atoms. The van der Waals surface area contributed by atoms with Crippen LogP contribution in [0.15, 0.2) is 6.07 Å². The predicted octanol–water partition coefficient (Wildman–Crippen LogP) is 14.3. The average Bonchev–Trinajstić information content (AvgIpc) is 3.05. The number of benzene rings is 1. The van der Waals surface area contributed by atoms with Crippen LogP contribution in [0.1, 0.15) is 163 Å². The molecule has 0 aliphatic carbocycles. The highest BCUT2D eigenvalue weighted by Gasteiger charge is 2.67. The molecule has 1 atom stereocenters. The van der Waals surface area contributed by atoms with Gasteiger partial charge < -0.3 is 0 Å². The fourth-order valence-corrected chi connectivity index (χ4v) is 13.5. The first kappa shape index (κ1) is 48.1. The molecule has 0 spiro atoms. The van der Waals surface area contributed by atoms with Gasteiger partial charge >= 0.3 is 12.2 Å². The number of hydrogen-bond donors (Lipinski definition) is 1. The summed E-state index contributed by atoms with van der Waals surface area (Å²) in [4.78, 5) is -1.89. The van der Waals surface area contributed by atoms with Crippen molar-refractivity contribution in [1.82, 2.24) is 0 Å². The lowest BCUT2D eigenvalue weighted by molar-refractivity contribution is -0.949. The van der Waals surface area contributed by atoms with E-state index in [-0.39, 0.29) is 6.07 Å². The van der Waals surface area contributed by atoms with Crippen LogP contribution in [0.5, 0.6) is 0 Å². The first-order valence-electron chi connectivity index (χ1n) is 19.6. The normalized spacial score (nSPS) is 13.0. The number of nitrogens with one attached hydrogen (secondary N) is 1. The van der Waals surface area contributed by atoms with Crippen molar-refractivity contribution in [3.05, 3.63) is 29.3 Å². The summed E-state index contributed by atoms with van der Waals surface area (Å²) in [5.41, 5.74) is -1.65. The van der Waals surface area contributed by atoms with Crippen LogP contribution in [0.25, 0.3) is 0 Å². The van der Waals surface area contributed by atoms with E-state index in [9.17, 15) is 39.5 Å². The van der Waals surface area contributed by atoms with Crippen LogP contribution in [-0.4, -0.2) is 31.8 Å². The number of quaternary nitrogens is 1. The molecule has 0 radical (unpaired) electrons. The van der Waals surface area contributed by atoms with Crippen molar-refractivity contribution in [2.75, 3.05) is 6.54 Å². The number of hydrogen-bond acceptors (Lipinski definition) is 0. The fourth-order valence-electron chi connectivity index (χ4n) is 7.13. The minimum Gasteiger partial charge on any atom is -0.231 e. The first-order chi connectivity index (χ1) is 23.2. The molecular formula is C38H67AlF9N. The molecular weight excluding hydrogens is 668 g/mol. The van der Waals surface area contributed by atoms with Gasteiger partial charge in [-0.3, -0.25) is 0 Å². The lowest BCUT2D eigenvalue weighted by Gasteiger charge is -2.37. The second kappa shape index (κ2) is 26.8. The van der Waals surface area contributed by atoms with E-state index in [2.05, 4.69) is 27.7 Å². The molecule has 1 rings (SSSR count). The van der Waals surface area contributed by atoms with E-state index in [1.807, 2.05) is 0 Å². The van der Waals surface area contributed by atoms with Gasteiger partial charge in [0, 0.05) is 6.07 Å². The van der Waals surface area contributed by atoms with E-state index in [0.29, 0.717) is 0 Å². The molecule has 11 heteroatoms. The van der Waals surface area contributed by atoms with Crippen molar-refractivity contribution < 1.29 is 44.4 Å². The minimum atomic E-state index is -6.08. The zero-order valence-electron chi connectivity index (χ0n) is 31.2. The molecule has 1 aromatic rings. The Morgan fingerprint density at radius 1 is 0.469 bits per heavy atom. The van der Waals surface area contributed by atoms with Gasteiger partial charge in [-0.25, -0.2) is 18.1 Å². The Kier molecular flexibility index (Phi) is 26.3. The van der Waals surface area contributed by atoms with Gasteiger partial charge in [0.15, 0.2) is 17.3 Å². The SMILES string of the molecule is CCCCCC[CH2][Al-]([CH2]CCCCCC)([CH2]CCCCCC)[CH2]CCCCCC.CC[NH+](c1cc(F)c(F)c(F)c1F)C(F)(F)C(F)(F)F. The third kappa shape index (κ3) is 18.4. The van der Waals surface area contributed by atoms with Gasteiger partial charge in [-0.05, 0) is 6.92 Å². The molecule has 1 aromatic carbocycles. The van der Waals surface area contributed by atoms with Crippen molar-refractivity contribution in [1.29, 1.82) is 0 Å². The summed E-state index contributed by atoms with van der Waals surface area (Å²) < 4.78 is 115. The number of unbranched alkanes of at least 4 members (excludes halogenated alkanes) is 16. The van der Waals surface area contributed by atoms with Gasteiger partial charge in [-0.15, -0.1) is 8.78 Å². The van der Waals surface area contributed by atoms with Gasteiger partial charge in [0.2, 0.25) is 11.6 Å². The van der Waals surface area contributed by atoms with Gasteiger partial charge in [-0.2, -0.15) is 38.7 Å². The number of rotatable bonds is 27. The second-order valence-corrected chi connectivity index (χ2v) is 20.1. The molecule has 0 saturated carbocycles. The van der Waals surface area contributed by atoms with E-state index >= 15 is 0 Å². The zero-order chi connectivity index (χ0) is 37.3. The van der Waals surface area contributed by atoms with E-state index in [1.54, 1.807) is 46.8 Å². The molecule has 0 heterocycles. The van der Waals surface area contributed by atoms with Crippen molar-refractivity contribution in [2.24, 2.45) is 0 Å². The Morgan fingerprint density at radius 2 is 0.796 bits per heavy atom. The standard InChI is InChI=1S/C10H6F9N.4C7H15.Al/c1-2-20(10(18,19)9(15,16)17)5-3-4(11)6(12)8(14)7(5)13;4*1-3-5-7-6-4-2;/h3H,2H2,1H3;4*1,3-7H2,2H3;/q;;;;;-1/p+1. The monoisotopic (exact) mass is 735 g/mol. The molecule has 0 fully saturated rings. The Bertz CT molecular complexity index is 910. The second-order valence-electron chi connectivity index (χ2n) is 14.3. The summed E-state index contributed by atoms with van der Waals surface area (Å²) in [6.07, 6.45) is 23.7. The fraction of sp³-hybridized carbons (Fsp3) is 0.842. The lowest BCUT2D eigenvalue weighted by atomic mass is 10.2. The molecule has 1 N–H and O–H groups in total. The third-order valence-corrected chi connectivity index (χ3v) is 16.7. The third-order valence-electron chi connectivity index (χ3n) is 10.2. The number of alkyl halides is 5. The van der Waals surface area contributed by atoms with E-state index in [4.69, 9.17) is 0 Å². The summed E-state index contributed by atoms with van der Waals surface area (Å²) in [6.45, 7) is 9.17. The Labute approximate surface area is 294 Å². The van der Waals surface area contributed by atoms with Crippen LogP contribution in [0.2, 0.25) is 21.1 Å². The van der Waals surface area contributed by atoms with Crippen molar-refractivity contribution in [3.8, 4) is 0 Å². The maximum absolute atomic E-state index is 13.3. The Morgan fingerprint density at radius 3 is 1.08 bits per heavy atom. The van der Waals surface area contributed by atoms with Crippen molar-refractivity contribution in [3.63, 3.8) is 0 Å². The van der Waals surface area contributed by atoms with Gasteiger partial charge in [0.25, 0.3) is 0 Å². The molecule has 0 amide bonds. The molecule has 1 unspecified atom stereocenters. The van der Waals surface area contributed by atoms with E-state index < -0.39 is 65.7 Å². The molecule has 1 nitrogen and oxygen atoms in total. The number of halogens is 9. The maximum atomic E-state index is 13.3. The Balaban J connectivity index is 0.00000100. The molecule has 290 valence electrons. The topological polar surface area (TPSA) is 4.44 Å². The quantitative estimate of drug-likeness (QED) is 0.0229. The van der Waals surface area contributed by atoms with Crippen LogP contribution in [-0.2, 0) is 0 Å². The van der Waals surface area contributed by atoms with E-state index in [0.717, 1.165) is 6.92 Å². The van der Waals surface area contributed by atoms with Gasteiger partial charge in [0.05, 0.1) is 6.54 Å². The molecule has 0 aliphatic rings. The highest BCUT2D eigenvalue weighted by molar-refractivity contribution is 6.79. The Hall–Kier alpha value is -0.918. The van der Waals surface area contributed by atoms with Crippen LogP contribution in [0.3, 0.4) is 0 Å².